The Balaban J connectivity index is 1.96. The van der Waals surface area contributed by atoms with Crippen LogP contribution in [0.2, 0.25) is 5.02 Å². The van der Waals surface area contributed by atoms with Gasteiger partial charge in [0.25, 0.3) is 0 Å². The normalized spacial score (nSPS) is 11.7. The average Bonchev–Trinajstić information content (AvgIpc) is 2.75. The van der Waals surface area contributed by atoms with E-state index in [1.807, 2.05) is 31.2 Å². The van der Waals surface area contributed by atoms with E-state index in [4.69, 9.17) is 11.6 Å². The minimum absolute atomic E-state index is 0.0878. The molecule has 0 aromatic heterocycles. The first-order valence-electron chi connectivity index (χ1n) is 10.1. The number of nitrogens with one attached hydrogen (secondary N) is 1. The monoisotopic (exact) mass is 450 g/mol. The molecule has 0 heterocycles. The Kier molecular flexibility index (Phi) is 10.2. The molecule has 30 heavy (non-hydrogen) atoms. The number of amides is 2. The van der Waals surface area contributed by atoms with Crippen molar-refractivity contribution in [3.8, 4) is 0 Å². The lowest BCUT2D eigenvalue weighted by Crippen LogP contribution is -2.47. The van der Waals surface area contributed by atoms with Crippen molar-refractivity contribution in [3.63, 3.8) is 0 Å². The van der Waals surface area contributed by atoms with Crippen LogP contribution in [0.15, 0.2) is 53.4 Å². The Morgan fingerprint density at radius 2 is 1.80 bits per heavy atom. The second kappa shape index (κ2) is 12.6. The number of carbonyl (C=O) groups excluding carboxylic acids is 2. The van der Waals surface area contributed by atoms with Gasteiger partial charge in [0.05, 0.1) is 0 Å². The molecule has 162 valence electrons. The summed E-state index contributed by atoms with van der Waals surface area (Å²) in [6, 6.07) is 13.0. The van der Waals surface area contributed by atoms with E-state index < -0.39 is 6.04 Å². The van der Waals surface area contributed by atoms with Crippen molar-refractivity contribution in [3.05, 3.63) is 64.9 Å². The number of hydrogen-bond acceptors (Lipinski definition) is 3. The lowest BCUT2D eigenvalue weighted by molar-refractivity contribution is -0.140. The maximum Gasteiger partial charge on any atom is 0.242 e. The predicted molar refractivity (Wildman–Crippen MR) is 121 cm³/mol. The Bertz CT molecular complexity index is 815. The average molecular weight is 451 g/mol. The molecule has 0 saturated heterocycles. The zero-order valence-electron chi connectivity index (χ0n) is 17.4. The van der Waals surface area contributed by atoms with Crippen LogP contribution in [-0.4, -0.2) is 35.1 Å². The van der Waals surface area contributed by atoms with Gasteiger partial charge < -0.3 is 10.2 Å². The topological polar surface area (TPSA) is 49.4 Å². The van der Waals surface area contributed by atoms with Crippen LogP contribution in [0.5, 0.6) is 0 Å². The van der Waals surface area contributed by atoms with Gasteiger partial charge >= 0.3 is 0 Å². The van der Waals surface area contributed by atoms with Crippen molar-refractivity contribution >= 4 is 35.2 Å². The maximum atomic E-state index is 13.2. The van der Waals surface area contributed by atoms with Crippen LogP contribution < -0.4 is 5.32 Å². The van der Waals surface area contributed by atoms with Gasteiger partial charge in [-0.15, -0.1) is 11.8 Å². The molecule has 1 atom stereocenters. The molecular weight excluding hydrogens is 423 g/mol. The van der Waals surface area contributed by atoms with Crippen LogP contribution in [0.3, 0.4) is 0 Å². The van der Waals surface area contributed by atoms with Crippen molar-refractivity contribution in [1.82, 2.24) is 10.2 Å². The number of carbonyl (C=O) groups is 2. The molecule has 4 nitrogen and oxygen atoms in total. The Morgan fingerprint density at radius 1 is 1.13 bits per heavy atom. The van der Waals surface area contributed by atoms with E-state index in [1.54, 1.807) is 35.7 Å². The first-order chi connectivity index (χ1) is 14.4. The van der Waals surface area contributed by atoms with Gasteiger partial charge in [0.2, 0.25) is 11.8 Å². The van der Waals surface area contributed by atoms with Crippen molar-refractivity contribution < 1.29 is 14.0 Å². The first-order valence-corrected chi connectivity index (χ1v) is 11.5. The summed E-state index contributed by atoms with van der Waals surface area (Å²) in [5.74, 6) is 0.191. The fraction of sp³-hybridized carbons (Fsp3) is 0.391. The minimum atomic E-state index is -0.599. The molecule has 0 saturated carbocycles. The zero-order valence-corrected chi connectivity index (χ0v) is 18.9. The second-order valence-corrected chi connectivity index (χ2v) is 8.63. The number of thioether (sulfide) groups is 1. The molecule has 7 heteroatoms. The van der Waals surface area contributed by atoms with Gasteiger partial charge in [-0.3, -0.25) is 9.59 Å². The van der Waals surface area contributed by atoms with E-state index in [0.717, 1.165) is 22.6 Å². The standard InChI is InChI=1S/C23H28ClFN2O2S/c1-3-14-26-23(29)17(2)27(16-18-6-10-20(25)11-7-18)22(28)5-4-15-30-21-12-8-19(24)9-13-21/h6-13,17H,3-5,14-16H2,1-2H3,(H,26,29). The minimum Gasteiger partial charge on any atom is -0.354 e. The number of halogens is 2. The molecule has 0 aliphatic carbocycles. The van der Waals surface area contributed by atoms with E-state index in [1.165, 1.54) is 12.1 Å². The number of hydrogen-bond donors (Lipinski definition) is 1. The van der Waals surface area contributed by atoms with Gasteiger partial charge in [-0.1, -0.05) is 30.7 Å². The molecule has 0 bridgehead atoms. The SMILES string of the molecule is CCCNC(=O)C(C)N(Cc1ccc(F)cc1)C(=O)CCCSc1ccc(Cl)cc1. The summed E-state index contributed by atoms with van der Waals surface area (Å²) >= 11 is 7.56. The first kappa shape index (κ1) is 24.2. The molecule has 0 aliphatic rings. The molecule has 2 rings (SSSR count). The van der Waals surface area contributed by atoms with Gasteiger partial charge in [-0.25, -0.2) is 4.39 Å². The lowest BCUT2D eigenvalue weighted by atomic mass is 10.1. The highest BCUT2D eigenvalue weighted by atomic mass is 35.5. The number of nitrogens with zero attached hydrogens (tertiary/aromatic N) is 1. The summed E-state index contributed by atoms with van der Waals surface area (Å²) in [6.07, 6.45) is 1.86. The molecule has 2 aromatic rings. The second-order valence-electron chi connectivity index (χ2n) is 7.02. The van der Waals surface area contributed by atoms with Crippen molar-refractivity contribution in [2.24, 2.45) is 0 Å². The Morgan fingerprint density at radius 3 is 2.43 bits per heavy atom. The number of rotatable bonds is 11. The largest absolute Gasteiger partial charge is 0.354 e. The zero-order chi connectivity index (χ0) is 21.9. The van der Waals surface area contributed by atoms with E-state index in [2.05, 4.69) is 5.32 Å². The van der Waals surface area contributed by atoms with Crippen LogP contribution in [0.1, 0.15) is 38.7 Å². The van der Waals surface area contributed by atoms with Gasteiger partial charge in [0.15, 0.2) is 0 Å². The molecule has 1 N–H and O–H groups in total. The third-order valence-electron chi connectivity index (χ3n) is 4.60. The summed E-state index contributed by atoms with van der Waals surface area (Å²) in [4.78, 5) is 28.1. The predicted octanol–water partition coefficient (Wildman–Crippen LogP) is 5.29. The fourth-order valence-corrected chi connectivity index (χ4v) is 3.83. The molecule has 0 fully saturated rings. The smallest absolute Gasteiger partial charge is 0.242 e. The highest BCUT2D eigenvalue weighted by Gasteiger charge is 2.25. The third-order valence-corrected chi connectivity index (χ3v) is 5.95. The maximum absolute atomic E-state index is 13.2. The lowest BCUT2D eigenvalue weighted by Gasteiger charge is -2.29. The van der Waals surface area contributed by atoms with Gasteiger partial charge in [0.1, 0.15) is 11.9 Å². The van der Waals surface area contributed by atoms with Crippen LogP contribution in [0.25, 0.3) is 0 Å². The van der Waals surface area contributed by atoms with Crippen molar-refractivity contribution in [2.75, 3.05) is 12.3 Å². The van der Waals surface area contributed by atoms with Crippen molar-refractivity contribution in [2.45, 2.75) is 50.6 Å². The third kappa shape index (κ3) is 8.00. The molecule has 0 spiro atoms. The van der Waals surface area contributed by atoms with E-state index in [9.17, 15) is 14.0 Å². The van der Waals surface area contributed by atoms with E-state index in [0.29, 0.717) is 24.4 Å². The molecule has 2 amide bonds. The summed E-state index contributed by atoms with van der Waals surface area (Å²) in [5, 5.41) is 3.54. The summed E-state index contributed by atoms with van der Waals surface area (Å²) in [6.45, 7) is 4.54. The molecule has 0 radical (unpaired) electrons. The summed E-state index contributed by atoms with van der Waals surface area (Å²) in [5.41, 5.74) is 0.787. The molecule has 1 unspecified atom stereocenters. The Labute approximate surface area is 187 Å². The highest BCUT2D eigenvalue weighted by molar-refractivity contribution is 7.99. The van der Waals surface area contributed by atoms with E-state index in [-0.39, 0.29) is 24.2 Å². The summed E-state index contributed by atoms with van der Waals surface area (Å²) in [7, 11) is 0. The highest BCUT2D eigenvalue weighted by Crippen LogP contribution is 2.22. The van der Waals surface area contributed by atoms with Gasteiger partial charge in [-0.05, 0) is 67.5 Å². The van der Waals surface area contributed by atoms with Gasteiger partial charge in [-0.2, -0.15) is 0 Å². The van der Waals surface area contributed by atoms with Crippen LogP contribution in [-0.2, 0) is 16.1 Å². The Hall–Kier alpha value is -2.05. The molecular formula is C23H28ClFN2O2S. The van der Waals surface area contributed by atoms with E-state index >= 15 is 0 Å². The molecule has 2 aromatic carbocycles. The van der Waals surface area contributed by atoms with Gasteiger partial charge in [0, 0.05) is 29.4 Å². The van der Waals surface area contributed by atoms with Crippen LogP contribution >= 0.6 is 23.4 Å². The summed E-state index contributed by atoms with van der Waals surface area (Å²) < 4.78 is 13.2. The van der Waals surface area contributed by atoms with Crippen molar-refractivity contribution in [1.29, 1.82) is 0 Å². The van der Waals surface area contributed by atoms with Crippen LogP contribution in [0.4, 0.5) is 4.39 Å². The van der Waals surface area contributed by atoms with Crippen LogP contribution in [0, 0.1) is 5.82 Å². The molecule has 0 aliphatic heterocycles. The quantitative estimate of drug-likeness (QED) is 0.373. The number of benzene rings is 2. The fourth-order valence-electron chi connectivity index (χ4n) is 2.85.